The first kappa shape index (κ1) is 22.8. The van der Waals surface area contributed by atoms with Gasteiger partial charge in [-0.15, -0.1) is 0 Å². The molecule has 1 aromatic heterocycles. The number of aliphatic hydroxyl groups excluding tert-OH is 1. The molecule has 0 spiro atoms. The fourth-order valence-electron chi connectivity index (χ4n) is 6.21. The summed E-state index contributed by atoms with van der Waals surface area (Å²) in [6, 6.07) is 0.233. The molecule has 0 saturated carbocycles. The van der Waals surface area contributed by atoms with Gasteiger partial charge in [-0.05, 0) is 56.8 Å². The first-order valence-corrected chi connectivity index (χ1v) is 11.8. The highest BCUT2D eigenvalue weighted by molar-refractivity contribution is 5.78. The highest BCUT2D eigenvalue weighted by Gasteiger charge is 2.49. The van der Waals surface area contributed by atoms with Crippen LogP contribution in [-0.2, 0) is 22.4 Å². The number of aliphatic hydroxyl groups is 1. The number of piperidine rings is 3. The normalized spacial score (nSPS) is 28.8. The van der Waals surface area contributed by atoms with Crippen LogP contribution in [0.4, 0.5) is 11.8 Å². The quantitative estimate of drug-likeness (QED) is 0.671. The van der Waals surface area contributed by atoms with Crippen molar-refractivity contribution in [1.29, 1.82) is 0 Å². The van der Waals surface area contributed by atoms with Gasteiger partial charge in [0.2, 0.25) is 11.9 Å². The predicted molar refractivity (Wildman–Crippen MR) is 121 cm³/mol. The summed E-state index contributed by atoms with van der Waals surface area (Å²) in [5.74, 6) is 2.94. The summed E-state index contributed by atoms with van der Waals surface area (Å²) in [6.45, 7) is 1.65. The molecule has 1 aliphatic carbocycles. The van der Waals surface area contributed by atoms with E-state index in [9.17, 15) is 9.90 Å². The topological polar surface area (TPSA) is 110 Å². The Hall–Kier alpha value is -2.42. The molecule has 4 aliphatic rings. The number of rotatable bonds is 3. The number of carbonyl (C=O) groups excluding carboxylic acids is 1. The van der Waals surface area contributed by atoms with Gasteiger partial charge in [0, 0.05) is 45.2 Å². The Morgan fingerprint density at radius 3 is 2.53 bits per heavy atom. The smallest absolute Gasteiger partial charge is 0.290 e. The average molecular weight is 446 g/mol. The standard InChI is InChI=1S/C22H33N5O2.CH2O2/c1-25(2)22-23-17-7-4-3-6-16(17)21(24-22)26-11-14-10-15(12-26)19(13-28)27-18(14)8-5-9-20(27)29;2-1-3/h14-15,18-19,28H,3-13H2,1-2H3;1H,(H,2,3)/t14-,15+,18+,19+;/m1./s1. The van der Waals surface area contributed by atoms with Crippen molar-refractivity contribution in [2.24, 2.45) is 11.8 Å². The van der Waals surface area contributed by atoms with Crippen LogP contribution in [0.25, 0.3) is 0 Å². The van der Waals surface area contributed by atoms with E-state index in [0.717, 1.165) is 57.0 Å². The number of aryl methyl sites for hydroxylation is 1. The molecule has 9 nitrogen and oxygen atoms in total. The van der Waals surface area contributed by atoms with Crippen molar-refractivity contribution in [2.45, 2.75) is 63.5 Å². The molecule has 9 heteroatoms. The SMILES string of the molecule is CN(C)c1nc2c(c(N3C[C@H]4C[C@@H](C3)[C@H](CO)N3C(=O)CCC[C@@H]43)n1)CCCC2.O=CO. The van der Waals surface area contributed by atoms with Crippen LogP contribution in [0.5, 0.6) is 0 Å². The molecule has 32 heavy (non-hydrogen) atoms. The van der Waals surface area contributed by atoms with Crippen molar-refractivity contribution in [1.82, 2.24) is 14.9 Å². The van der Waals surface area contributed by atoms with Crippen molar-refractivity contribution in [2.75, 3.05) is 43.6 Å². The molecule has 4 heterocycles. The van der Waals surface area contributed by atoms with Crippen molar-refractivity contribution < 1.29 is 19.8 Å². The molecule has 1 amide bonds. The maximum absolute atomic E-state index is 12.7. The van der Waals surface area contributed by atoms with Gasteiger partial charge in [-0.25, -0.2) is 4.98 Å². The molecule has 5 rings (SSSR count). The summed E-state index contributed by atoms with van der Waals surface area (Å²) < 4.78 is 0. The molecule has 2 N–H and O–H groups in total. The second-order valence-electron chi connectivity index (χ2n) is 9.65. The highest BCUT2D eigenvalue weighted by atomic mass is 16.3. The zero-order chi connectivity index (χ0) is 22.8. The van der Waals surface area contributed by atoms with E-state index in [0.29, 0.717) is 18.3 Å². The van der Waals surface area contributed by atoms with Gasteiger partial charge in [0.1, 0.15) is 5.82 Å². The van der Waals surface area contributed by atoms with E-state index in [2.05, 4.69) is 9.80 Å². The van der Waals surface area contributed by atoms with Gasteiger partial charge >= 0.3 is 0 Å². The molecule has 176 valence electrons. The monoisotopic (exact) mass is 445 g/mol. The molecule has 2 bridgehead atoms. The molecular weight excluding hydrogens is 410 g/mol. The predicted octanol–water partition coefficient (Wildman–Crippen LogP) is 1.32. The number of hydrogen-bond donors (Lipinski definition) is 2. The summed E-state index contributed by atoms with van der Waals surface area (Å²) in [5.41, 5.74) is 2.55. The van der Waals surface area contributed by atoms with Gasteiger partial charge in [0.25, 0.3) is 6.47 Å². The van der Waals surface area contributed by atoms with Crippen molar-refractivity contribution >= 4 is 24.1 Å². The minimum absolute atomic E-state index is 0.0437. The molecule has 3 saturated heterocycles. The Morgan fingerprint density at radius 1 is 1.09 bits per heavy atom. The molecule has 4 atom stereocenters. The van der Waals surface area contributed by atoms with Gasteiger partial charge in [0.05, 0.1) is 18.3 Å². The lowest BCUT2D eigenvalue weighted by Crippen LogP contribution is -2.66. The Kier molecular flexibility index (Phi) is 6.83. The third-order valence-corrected chi connectivity index (χ3v) is 7.53. The van der Waals surface area contributed by atoms with E-state index in [4.69, 9.17) is 19.9 Å². The second-order valence-corrected chi connectivity index (χ2v) is 9.65. The lowest BCUT2D eigenvalue weighted by molar-refractivity contribution is -0.150. The van der Waals surface area contributed by atoms with Crippen LogP contribution in [0, 0.1) is 11.8 Å². The summed E-state index contributed by atoms with van der Waals surface area (Å²) in [4.78, 5) is 37.4. The van der Waals surface area contributed by atoms with Gasteiger partial charge in [-0.2, -0.15) is 4.98 Å². The number of nitrogens with zero attached hydrogens (tertiary/aromatic N) is 5. The molecule has 3 aliphatic heterocycles. The van der Waals surface area contributed by atoms with Crippen LogP contribution in [0.1, 0.15) is 49.8 Å². The highest BCUT2D eigenvalue weighted by Crippen LogP contribution is 2.43. The van der Waals surface area contributed by atoms with Crippen LogP contribution >= 0.6 is 0 Å². The minimum atomic E-state index is -0.250. The number of anilines is 2. The lowest BCUT2D eigenvalue weighted by Gasteiger charge is -2.56. The van der Waals surface area contributed by atoms with Gasteiger partial charge < -0.3 is 24.9 Å². The van der Waals surface area contributed by atoms with E-state index in [1.54, 1.807) is 0 Å². The Bertz CT molecular complexity index is 834. The van der Waals surface area contributed by atoms with E-state index in [-0.39, 0.29) is 31.1 Å². The summed E-state index contributed by atoms with van der Waals surface area (Å²) in [5, 5.41) is 17.1. The Balaban J connectivity index is 0.000000775. The molecule has 0 aromatic carbocycles. The van der Waals surface area contributed by atoms with Crippen LogP contribution in [0.3, 0.4) is 0 Å². The molecular formula is C23H35N5O4. The van der Waals surface area contributed by atoms with E-state index in [1.165, 1.54) is 24.1 Å². The maximum Gasteiger partial charge on any atom is 0.290 e. The number of hydrogen-bond acceptors (Lipinski definition) is 7. The molecule has 0 radical (unpaired) electrons. The zero-order valence-corrected chi connectivity index (χ0v) is 19.1. The molecule has 1 aromatic rings. The second kappa shape index (κ2) is 9.60. The van der Waals surface area contributed by atoms with Crippen LogP contribution in [0.15, 0.2) is 0 Å². The third kappa shape index (κ3) is 4.14. The van der Waals surface area contributed by atoms with Gasteiger partial charge in [-0.3, -0.25) is 9.59 Å². The first-order chi connectivity index (χ1) is 15.5. The van der Waals surface area contributed by atoms with E-state index >= 15 is 0 Å². The Labute approximate surface area is 189 Å². The number of amides is 1. The minimum Gasteiger partial charge on any atom is -0.483 e. The van der Waals surface area contributed by atoms with Crippen molar-refractivity contribution in [3.8, 4) is 0 Å². The summed E-state index contributed by atoms with van der Waals surface area (Å²) in [7, 11) is 4.01. The third-order valence-electron chi connectivity index (χ3n) is 7.53. The van der Waals surface area contributed by atoms with E-state index in [1.807, 2.05) is 19.0 Å². The number of aromatic nitrogens is 2. The van der Waals surface area contributed by atoms with Crippen molar-refractivity contribution in [3.63, 3.8) is 0 Å². The van der Waals surface area contributed by atoms with E-state index < -0.39 is 0 Å². The van der Waals surface area contributed by atoms with Gasteiger partial charge in [0.15, 0.2) is 0 Å². The zero-order valence-electron chi connectivity index (χ0n) is 19.1. The van der Waals surface area contributed by atoms with Crippen LogP contribution in [-0.4, -0.2) is 83.3 Å². The fraction of sp³-hybridized carbons (Fsp3) is 0.739. The number of fused-ring (bicyclic) bond motifs is 5. The van der Waals surface area contributed by atoms with Crippen LogP contribution in [0.2, 0.25) is 0 Å². The Morgan fingerprint density at radius 2 is 1.81 bits per heavy atom. The van der Waals surface area contributed by atoms with Crippen LogP contribution < -0.4 is 9.80 Å². The fourth-order valence-corrected chi connectivity index (χ4v) is 6.21. The summed E-state index contributed by atoms with van der Waals surface area (Å²) >= 11 is 0. The molecule has 3 fully saturated rings. The average Bonchev–Trinajstić information content (AvgIpc) is 2.79. The van der Waals surface area contributed by atoms with Gasteiger partial charge in [-0.1, -0.05) is 0 Å². The first-order valence-electron chi connectivity index (χ1n) is 11.8. The number of carboxylic acid groups (broad SMARTS) is 1. The molecule has 0 unspecified atom stereocenters. The van der Waals surface area contributed by atoms with Crippen molar-refractivity contribution in [3.05, 3.63) is 11.3 Å². The lowest BCUT2D eigenvalue weighted by atomic mass is 9.72. The number of carbonyl (C=O) groups is 2. The summed E-state index contributed by atoms with van der Waals surface area (Å²) in [6.07, 6.45) is 8.30. The largest absolute Gasteiger partial charge is 0.483 e. The maximum atomic E-state index is 12.7.